The minimum absolute atomic E-state index is 0.00858. The molecule has 2 aromatic carbocycles. The Morgan fingerprint density at radius 1 is 1.20 bits per heavy atom. The van der Waals surface area contributed by atoms with Gasteiger partial charge >= 0.3 is 5.97 Å². The maximum Gasteiger partial charge on any atom is 0.328 e. The molecule has 25 heavy (non-hydrogen) atoms. The van der Waals surface area contributed by atoms with Crippen molar-refractivity contribution in [3.63, 3.8) is 0 Å². The van der Waals surface area contributed by atoms with Gasteiger partial charge in [0.15, 0.2) is 11.6 Å². The van der Waals surface area contributed by atoms with Crippen molar-refractivity contribution < 1.29 is 23.1 Å². The predicted octanol–water partition coefficient (Wildman–Crippen LogP) is 3.79. The average Bonchev–Trinajstić information content (AvgIpc) is 2.58. The summed E-state index contributed by atoms with van der Waals surface area (Å²) in [6.45, 7) is 0. The molecule has 1 N–H and O–H groups in total. The van der Waals surface area contributed by atoms with E-state index in [4.69, 9.17) is 23.2 Å². The van der Waals surface area contributed by atoms with Gasteiger partial charge in [-0.05, 0) is 29.8 Å². The number of carbonyl (C=O) groups is 2. The van der Waals surface area contributed by atoms with Crippen LogP contribution in [0.3, 0.4) is 0 Å². The summed E-state index contributed by atoms with van der Waals surface area (Å²) in [5.41, 5.74) is 0.0117. The van der Waals surface area contributed by atoms with Crippen LogP contribution in [0.4, 0.5) is 8.78 Å². The van der Waals surface area contributed by atoms with E-state index >= 15 is 0 Å². The minimum Gasteiger partial charge on any atom is -0.467 e. The van der Waals surface area contributed by atoms with Crippen LogP contribution in [0.2, 0.25) is 10.0 Å². The van der Waals surface area contributed by atoms with Crippen molar-refractivity contribution in [2.45, 2.75) is 12.5 Å². The van der Waals surface area contributed by atoms with E-state index in [1.54, 1.807) is 12.1 Å². The highest BCUT2D eigenvalue weighted by atomic mass is 35.5. The molecule has 0 fully saturated rings. The second kappa shape index (κ2) is 8.27. The van der Waals surface area contributed by atoms with Crippen molar-refractivity contribution in [2.24, 2.45) is 0 Å². The number of rotatable bonds is 5. The highest BCUT2D eigenvalue weighted by Gasteiger charge is 2.25. The number of hydrogen-bond donors (Lipinski definition) is 1. The average molecular weight is 388 g/mol. The Kier molecular flexibility index (Phi) is 6.33. The Hall–Kier alpha value is -2.18. The van der Waals surface area contributed by atoms with E-state index in [1.807, 2.05) is 0 Å². The summed E-state index contributed by atoms with van der Waals surface area (Å²) < 4.78 is 31.6. The molecule has 1 amide bonds. The molecule has 0 radical (unpaired) electrons. The number of halogens is 4. The molecule has 0 heterocycles. The molecular weight excluding hydrogens is 375 g/mol. The number of amides is 1. The van der Waals surface area contributed by atoms with Crippen molar-refractivity contribution in [2.75, 3.05) is 7.11 Å². The van der Waals surface area contributed by atoms with E-state index in [2.05, 4.69) is 10.1 Å². The number of esters is 1. The van der Waals surface area contributed by atoms with E-state index in [0.29, 0.717) is 15.6 Å². The lowest BCUT2D eigenvalue weighted by Gasteiger charge is -2.17. The lowest BCUT2D eigenvalue weighted by molar-refractivity contribution is -0.142. The Bertz CT molecular complexity index is 814. The quantitative estimate of drug-likeness (QED) is 0.794. The van der Waals surface area contributed by atoms with E-state index in [9.17, 15) is 18.4 Å². The smallest absolute Gasteiger partial charge is 0.328 e. The normalized spacial score (nSPS) is 11.7. The van der Waals surface area contributed by atoms with Gasteiger partial charge in [0.1, 0.15) is 6.04 Å². The number of nitrogens with one attached hydrogen (secondary N) is 1. The summed E-state index contributed by atoms with van der Waals surface area (Å²) in [5, 5.41) is 3.04. The van der Waals surface area contributed by atoms with Gasteiger partial charge in [0.25, 0.3) is 5.91 Å². The highest BCUT2D eigenvalue weighted by molar-refractivity contribution is 6.35. The van der Waals surface area contributed by atoms with Crippen LogP contribution < -0.4 is 5.32 Å². The van der Waals surface area contributed by atoms with Crippen LogP contribution in [0.25, 0.3) is 0 Å². The molecule has 0 aliphatic carbocycles. The summed E-state index contributed by atoms with van der Waals surface area (Å²) in [5.74, 6) is -4.16. The number of ether oxygens (including phenoxy) is 1. The maximum absolute atomic E-state index is 13.7. The molecular formula is C17H13Cl2F2NO3. The minimum atomic E-state index is -1.30. The third-order valence-corrected chi connectivity index (χ3v) is 4.01. The standard InChI is InChI=1S/C17H13Cl2F2NO3/c1-25-17(24)14(7-9-5-6-10(18)8-12(9)19)22-16(23)11-3-2-4-13(20)15(11)21/h2-6,8,14H,7H2,1H3,(H,22,23)/t14-/m1/s1. The zero-order chi connectivity index (χ0) is 18.6. The first-order valence-electron chi connectivity index (χ1n) is 7.10. The Labute approximate surface area is 152 Å². The summed E-state index contributed by atoms with van der Waals surface area (Å²) >= 11 is 11.9. The number of carbonyl (C=O) groups excluding carboxylic acids is 2. The van der Waals surface area contributed by atoms with Crippen LogP contribution in [-0.4, -0.2) is 25.0 Å². The summed E-state index contributed by atoms with van der Waals surface area (Å²) in [6.07, 6.45) is -0.00858. The zero-order valence-electron chi connectivity index (χ0n) is 13.0. The van der Waals surface area contributed by atoms with Gasteiger partial charge < -0.3 is 10.1 Å². The Morgan fingerprint density at radius 2 is 1.92 bits per heavy atom. The van der Waals surface area contributed by atoms with E-state index in [1.165, 1.54) is 12.1 Å². The van der Waals surface area contributed by atoms with Gasteiger partial charge in [-0.25, -0.2) is 13.6 Å². The van der Waals surface area contributed by atoms with Crippen LogP contribution in [0.15, 0.2) is 36.4 Å². The number of benzene rings is 2. The molecule has 8 heteroatoms. The van der Waals surface area contributed by atoms with Gasteiger partial charge in [0.05, 0.1) is 12.7 Å². The lowest BCUT2D eigenvalue weighted by atomic mass is 10.0. The van der Waals surface area contributed by atoms with Crippen LogP contribution in [0.1, 0.15) is 15.9 Å². The van der Waals surface area contributed by atoms with Gasteiger partial charge in [0.2, 0.25) is 0 Å². The molecule has 0 spiro atoms. The van der Waals surface area contributed by atoms with Gasteiger partial charge in [-0.15, -0.1) is 0 Å². The maximum atomic E-state index is 13.7. The first-order valence-corrected chi connectivity index (χ1v) is 7.85. The number of methoxy groups -OCH3 is 1. The van der Waals surface area contributed by atoms with Crippen LogP contribution in [0, 0.1) is 11.6 Å². The zero-order valence-corrected chi connectivity index (χ0v) is 14.5. The SMILES string of the molecule is COC(=O)[C@@H](Cc1ccc(Cl)cc1Cl)NC(=O)c1cccc(F)c1F. The van der Waals surface area contributed by atoms with Gasteiger partial charge in [0, 0.05) is 16.5 Å². The van der Waals surface area contributed by atoms with E-state index in [0.717, 1.165) is 19.2 Å². The van der Waals surface area contributed by atoms with E-state index in [-0.39, 0.29) is 6.42 Å². The summed E-state index contributed by atoms with van der Waals surface area (Å²) in [6, 6.07) is 6.70. The third kappa shape index (κ3) is 4.67. The molecule has 1 atom stereocenters. The van der Waals surface area contributed by atoms with E-state index < -0.39 is 35.1 Å². The Balaban J connectivity index is 2.24. The molecule has 0 unspecified atom stereocenters. The number of hydrogen-bond acceptors (Lipinski definition) is 3. The van der Waals surface area contributed by atoms with Crippen LogP contribution in [0.5, 0.6) is 0 Å². The summed E-state index contributed by atoms with van der Waals surface area (Å²) in [4.78, 5) is 24.1. The van der Waals surface area contributed by atoms with Crippen LogP contribution >= 0.6 is 23.2 Å². The topological polar surface area (TPSA) is 55.4 Å². The lowest BCUT2D eigenvalue weighted by Crippen LogP contribution is -2.43. The molecule has 2 aromatic rings. The second-order valence-corrected chi connectivity index (χ2v) is 5.93. The predicted molar refractivity (Wildman–Crippen MR) is 89.8 cm³/mol. The first kappa shape index (κ1) is 19.1. The van der Waals surface area contributed by atoms with Gasteiger partial charge in [-0.3, -0.25) is 4.79 Å². The fraction of sp³-hybridized carbons (Fsp3) is 0.176. The highest BCUT2D eigenvalue weighted by Crippen LogP contribution is 2.22. The van der Waals surface area contributed by atoms with Crippen molar-refractivity contribution in [3.05, 3.63) is 69.2 Å². The van der Waals surface area contributed by atoms with Crippen molar-refractivity contribution >= 4 is 35.1 Å². The Morgan fingerprint density at radius 3 is 2.56 bits per heavy atom. The molecule has 4 nitrogen and oxygen atoms in total. The van der Waals surface area contributed by atoms with Crippen LogP contribution in [-0.2, 0) is 16.0 Å². The molecule has 0 aromatic heterocycles. The largest absolute Gasteiger partial charge is 0.467 e. The molecule has 0 bridgehead atoms. The molecule has 0 saturated carbocycles. The fourth-order valence-corrected chi connectivity index (χ4v) is 2.64. The third-order valence-electron chi connectivity index (χ3n) is 3.43. The monoisotopic (exact) mass is 387 g/mol. The summed E-state index contributed by atoms with van der Waals surface area (Å²) in [7, 11) is 1.15. The molecule has 0 aliphatic heterocycles. The van der Waals surface area contributed by atoms with Crippen molar-refractivity contribution in [1.82, 2.24) is 5.32 Å². The second-order valence-electron chi connectivity index (χ2n) is 5.09. The first-order chi connectivity index (χ1) is 11.8. The van der Waals surface area contributed by atoms with Gasteiger partial charge in [-0.1, -0.05) is 35.3 Å². The van der Waals surface area contributed by atoms with Crippen molar-refractivity contribution in [3.8, 4) is 0 Å². The fourth-order valence-electron chi connectivity index (χ4n) is 2.16. The molecule has 132 valence electrons. The van der Waals surface area contributed by atoms with Gasteiger partial charge in [-0.2, -0.15) is 0 Å². The van der Waals surface area contributed by atoms with Crippen molar-refractivity contribution in [1.29, 1.82) is 0 Å². The molecule has 0 saturated heterocycles. The molecule has 0 aliphatic rings. The molecule has 2 rings (SSSR count).